The van der Waals surface area contributed by atoms with Gasteiger partial charge in [0.25, 0.3) is 0 Å². The van der Waals surface area contributed by atoms with Crippen LogP contribution in [0.25, 0.3) is 0 Å². The first kappa shape index (κ1) is 20.4. The molecule has 0 radical (unpaired) electrons. The van der Waals surface area contributed by atoms with Gasteiger partial charge in [0.15, 0.2) is 0 Å². The fourth-order valence-electron chi connectivity index (χ4n) is 3.35. The van der Waals surface area contributed by atoms with Crippen molar-refractivity contribution in [3.05, 3.63) is 35.6 Å². The van der Waals surface area contributed by atoms with Crippen LogP contribution in [0.2, 0.25) is 0 Å². The lowest BCUT2D eigenvalue weighted by molar-refractivity contribution is -0.137. The fraction of sp³-hybridized carbons (Fsp3) is 0.600. The largest absolute Gasteiger partial charge is 0.348 e. The molecule has 0 saturated heterocycles. The summed E-state index contributed by atoms with van der Waals surface area (Å²) in [6.07, 6.45) is 5.49. The number of benzene rings is 1. The summed E-state index contributed by atoms with van der Waals surface area (Å²) in [7, 11) is 5.21. The minimum absolute atomic E-state index is 0.0234. The molecule has 2 amide bonds. The summed E-state index contributed by atoms with van der Waals surface area (Å²) in [5, 5.41) is 0. The normalized spacial score (nSPS) is 15.1. The summed E-state index contributed by atoms with van der Waals surface area (Å²) in [5.74, 6) is -0.274. The smallest absolute Gasteiger partial charge is 0.237 e. The van der Waals surface area contributed by atoms with Crippen LogP contribution in [0.5, 0.6) is 0 Å². The van der Waals surface area contributed by atoms with Gasteiger partial charge in [-0.1, -0.05) is 31.4 Å². The number of carbonyl (C=O) groups excluding carboxylic acids is 2. The molecule has 0 unspecified atom stereocenters. The topological polar surface area (TPSA) is 43.9 Å². The van der Waals surface area contributed by atoms with Gasteiger partial charge in [0.2, 0.25) is 11.8 Å². The SMILES string of the molecule is CN(CC(=O)N(C)C)CC(=O)N(Cc1ccc(F)cc1)C1CCCCC1. The molecule has 1 aromatic rings. The highest BCUT2D eigenvalue weighted by Gasteiger charge is 2.26. The Morgan fingerprint density at radius 1 is 0.962 bits per heavy atom. The number of carbonyl (C=O) groups is 2. The van der Waals surface area contributed by atoms with Gasteiger partial charge in [-0.15, -0.1) is 0 Å². The summed E-state index contributed by atoms with van der Waals surface area (Å²) in [6, 6.07) is 6.55. The summed E-state index contributed by atoms with van der Waals surface area (Å²) >= 11 is 0. The number of likely N-dealkylation sites (N-methyl/N-ethyl adjacent to an activating group) is 2. The Labute approximate surface area is 155 Å². The van der Waals surface area contributed by atoms with Crippen molar-refractivity contribution < 1.29 is 14.0 Å². The molecule has 26 heavy (non-hydrogen) atoms. The van der Waals surface area contributed by atoms with Crippen LogP contribution in [0.3, 0.4) is 0 Å². The van der Waals surface area contributed by atoms with Gasteiger partial charge in [0.1, 0.15) is 5.82 Å². The van der Waals surface area contributed by atoms with E-state index in [0.29, 0.717) is 6.54 Å². The predicted molar refractivity (Wildman–Crippen MR) is 100 cm³/mol. The number of nitrogens with zero attached hydrogens (tertiary/aromatic N) is 3. The molecule has 5 nitrogen and oxygen atoms in total. The molecule has 0 spiro atoms. The van der Waals surface area contributed by atoms with Gasteiger partial charge in [-0.25, -0.2) is 4.39 Å². The minimum Gasteiger partial charge on any atom is -0.348 e. The van der Waals surface area contributed by atoms with Crippen LogP contribution < -0.4 is 0 Å². The van der Waals surface area contributed by atoms with Gasteiger partial charge in [-0.3, -0.25) is 14.5 Å². The predicted octanol–water partition coefficient (Wildman–Crippen LogP) is 2.51. The number of rotatable bonds is 7. The van der Waals surface area contributed by atoms with Gasteiger partial charge >= 0.3 is 0 Å². The Morgan fingerprint density at radius 3 is 2.12 bits per heavy atom. The van der Waals surface area contributed by atoms with Crippen molar-refractivity contribution in [2.24, 2.45) is 0 Å². The van der Waals surface area contributed by atoms with Crippen molar-refractivity contribution in [3.63, 3.8) is 0 Å². The Hall–Kier alpha value is -1.95. The van der Waals surface area contributed by atoms with Crippen molar-refractivity contribution in [3.8, 4) is 0 Å². The number of hydrogen-bond acceptors (Lipinski definition) is 3. The van der Waals surface area contributed by atoms with Crippen LogP contribution in [0.15, 0.2) is 24.3 Å². The number of hydrogen-bond donors (Lipinski definition) is 0. The van der Waals surface area contributed by atoms with E-state index in [1.54, 1.807) is 38.2 Å². The molecule has 0 bridgehead atoms. The molecular weight excluding hydrogens is 333 g/mol. The third-order valence-corrected chi connectivity index (χ3v) is 4.91. The summed E-state index contributed by atoms with van der Waals surface area (Å²) in [5.41, 5.74) is 0.928. The Morgan fingerprint density at radius 2 is 1.54 bits per heavy atom. The molecule has 0 atom stereocenters. The van der Waals surface area contributed by atoms with E-state index < -0.39 is 0 Å². The average molecular weight is 363 g/mol. The van der Waals surface area contributed by atoms with E-state index in [2.05, 4.69) is 0 Å². The molecule has 6 heteroatoms. The second-order valence-electron chi connectivity index (χ2n) is 7.40. The molecule has 0 aromatic heterocycles. The van der Waals surface area contributed by atoms with Crippen LogP contribution in [-0.2, 0) is 16.1 Å². The lowest BCUT2D eigenvalue weighted by atomic mass is 9.93. The highest BCUT2D eigenvalue weighted by atomic mass is 19.1. The molecule has 144 valence electrons. The molecule has 1 fully saturated rings. The average Bonchev–Trinajstić information content (AvgIpc) is 2.61. The Balaban J connectivity index is 2.05. The summed E-state index contributed by atoms with van der Waals surface area (Å²) in [6.45, 7) is 0.907. The van der Waals surface area contributed by atoms with Gasteiger partial charge in [0.05, 0.1) is 13.1 Å². The second-order valence-corrected chi connectivity index (χ2v) is 7.40. The van der Waals surface area contributed by atoms with Crippen molar-refractivity contribution in [2.45, 2.75) is 44.7 Å². The molecule has 2 rings (SSSR count). The zero-order valence-corrected chi connectivity index (χ0v) is 16.1. The third kappa shape index (κ3) is 6.09. The van der Waals surface area contributed by atoms with Crippen molar-refractivity contribution in [2.75, 3.05) is 34.2 Å². The molecule has 1 aromatic carbocycles. The van der Waals surface area contributed by atoms with Crippen molar-refractivity contribution in [1.82, 2.24) is 14.7 Å². The van der Waals surface area contributed by atoms with Gasteiger partial charge in [-0.05, 0) is 37.6 Å². The first-order valence-electron chi connectivity index (χ1n) is 9.29. The van der Waals surface area contributed by atoms with Crippen molar-refractivity contribution >= 4 is 11.8 Å². The van der Waals surface area contributed by atoms with Gasteiger partial charge < -0.3 is 9.80 Å². The zero-order valence-electron chi connectivity index (χ0n) is 16.1. The lowest BCUT2D eigenvalue weighted by Crippen LogP contribution is -2.46. The standard InChI is InChI=1S/C20H30FN3O2/c1-22(2)19(25)14-23(3)15-20(26)24(18-7-5-4-6-8-18)13-16-9-11-17(21)12-10-16/h9-12,18H,4-8,13-15H2,1-3H3. The van der Waals surface area contributed by atoms with E-state index in [1.165, 1.54) is 23.5 Å². The molecule has 1 aliphatic rings. The highest BCUT2D eigenvalue weighted by Crippen LogP contribution is 2.24. The maximum Gasteiger partial charge on any atom is 0.237 e. The van der Waals surface area contributed by atoms with Crippen molar-refractivity contribution in [1.29, 1.82) is 0 Å². The summed E-state index contributed by atoms with van der Waals surface area (Å²) < 4.78 is 13.2. The van der Waals surface area contributed by atoms with E-state index in [4.69, 9.17) is 0 Å². The molecule has 0 N–H and O–H groups in total. The van der Waals surface area contributed by atoms with E-state index in [9.17, 15) is 14.0 Å². The monoisotopic (exact) mass is 363 g/mol. The minimum atomic E-state index is -0.272. The molecule has 0 heterocycles. The van der Waals surface area contributed by atoms with Crippen LogP contribution in [0.1, 0.15) is 37.7 Å². The Kier molecular flexibility index (Phi) is 7.57. The third-order valence-electron chi connectivity index (χ3n) is 4.91. The highest BCUT2D eigenvalue weighted by molar-refractivity contribution is 5.81. The zero-order chi connectivity index (χ0) is 19.1. The molecule has 0 aliphatic heterocycles. The van der Waals surface area contributed by atoms with Crippen LogP contribution in [-0.4, -0.2) is 66.8 Å². The molecule has 1 saturated carbocycles. The molecular formula is C20H30FN3O2. The van der Waals surface area contributed by atoms with E-state index >= 15 is 0 Å². The van der Waals surface area contributed by atoms with E-state index in [1.807, 2.05) is 4.90 Å². The first-order chi connectivity index (χ1) is 12.4. The van der Waals surface area contributed by atoms with Gasteiger partial charge in [-0.2, -0.15) is 0 Å². The van der Waals surface area contributed by atoms with Gasteiger partial charge in [0, 0.05) is 26.7 Å². The first-order valence-corrected chi connectivity index (χ1v) is 9.29. The maximum absolute atomic E-state index is 13.2. The fourth-order valence-corrected chi connectivity index (χ4v) is 3.35. The number of amides is 2. The second kappa shape index (κ2) is 9.67. The van der Waals surface area contributed by atoms with E-state index in [-0.39, 0.29) is 36.8 Å². The quantitative estimate of drug-likeness (QED) is 0.748. The Bertz CT molecular complexity index is 598. The molecule has 1 aliphatic carbocycles. The summed E-state index contributed by atoms with van der Waals surface area (Å²) in [4.78, 5) is 30.0. The van der Waals surface area contributed by atoms with Crippen LogP contribution in [0.4, 0.5) is 4.39 Å². The number of halogens is 1. The van der Waals surface area contributed by atoms with Crippen LogP contribution >= 0.6 is 0 Å². The van der Waals surface area contributed by atoms with Crippen LogP contribution in [0, 0.1) is 5.82 Å². The van der Waals surface area contributed by atoms with E-state index in [0.717, 1.165) is 31.2 Å². The lowest BCUT2D eigenvalue weighted by Gasteiger charge is -2.35. The maximum atomic E-state index is 13.2.